The van der Waals surface area contributed by atoms with E-state index in [1.54, 1.807) is 0 Å². The molecule has 2 aromatic rings. The fraction of sp³-hybridized carbons (Fsp3) is 0.333. The molecule has 140 valence electrons. The molecule has 1 unspecified atom stereocenters. The molecule has 4 rings (SSSR count). The SMILES string of the molecule is COC(=O)C(c1ccccc1)N1CCC2(CC1)Nc1ccccc1NC2=O. The summed E-state index contributed by atoms with van der Waals surface area (Å²) in [4.78, 5) is 27.3. The Morgan fingerprint density at radius 1 is 1.04 bits per heavy atom. The maximum Gasteiger partial charge on any atom is 0.327 e. The zero-order chi connectivity index (χ0) is 18.9. The van der Waals surface area contributed by atoms with Crippen LogP contribution in [0.3, 0.4) is 0 Å². The average molecular weight is 365 g/mol. The second-order valence-electron chi connectivity index (χ2n) is 7.08. The Morgan fingerprint density at radius 3 is 2.33 bits per heavy atom. The summed E-state index contributed by atoms with van der Waals surface area (Å²) in [5, 5.41) is 6.47. The summed E-state index contributed by atoms with van der Waals surface area (Å²) in [5.41, 5.74) is 2.03. The van der Waals surface area contributed by atoms with Crippen LogP contribution >= 0.6 is 0 Å². The molecule has 0 aliphatic carbocycles. The minimum atomic E-state index is -0.637. The number of likely N-dealkylation sites (tertiary alicyclic amines) is 1. The van der Waals surface area contributed by atoms with Gasteiger partial charge in [0.05, 0.1) is 18.5 Å². The van der Waals surface area contributed by atoms with Crippen molar-refractivity contribution in [3.8, 4) is 0 Å². The van der Waals surface area contributed by atoms with Crippen LogP contribution in [0.25, 0.3) is 0 Å². The molecule has 0 saturated carbocycles. The number of fused-ring (bicyclic) bond motifs is 1. The molecule has 1 atom stereocenters. The number of para-hydroxylation sites is 2. The second kappa shape index (κ2) is 7.04. The molecule has 6 nitrogen and oxygen atoms in total. The Morgan fingerprint density at radius 2 is 1.67 bits per heavy atom. The minimum absolute atomic E-state index is 0.00446. The van der Waals surface area contributed by atoms with Crippen molar-refractivity contribution in [3.05, 3.63) is 60.2 Å². The zero-order valence-electron chi connectivity index (χ0n) is 15.3. The number of carbonyl (C=O) groups is 2. The average Bonchev–Trinajstić information content (AvgIpc) is 2.71. The maximum absolute atomic E-state index is 12.8. The molecule has 27 heavy (non-hydrogen) atoms. The molecule has 2 aliphatic heterocycles. The van der Waals surface area contributed by atoms with Gasteiger partial charge in [-0.25, -0.2) is 4.79 Å². The van der Waals surface area contributed by atoms with Gasteiger partial charge in [-0.3, -0.25) is 9.69 Å². The largest absolute Gasteiger partial charge is 0.468 e. The van der Waals surface area contributed by atoms with Crippen LogP contribution in [0.2, 0.25) is 0 Å². The van der Waals surface area contributed by atoms with Crippen molar-refractivity contribution < 1.29 is 14.3 Å². The van der Waals surface area contributed by atoms with Crippen molar-refractivity contribution in [3.63, 3.8) is 0 Å². The highest BCUT2D eigenvalue weighted by molar-refractivity contribution is 6.06. The molecule has 2 aromatic carbocycles. The highest BCUT2D eigenvalue weighted by Crippen LogP contribution is 2.38. The summed E-state index contributed by atoms with van der Waals surface area (Å²) in [6.07, 6.45) is 1.24. The van der Waals surface area contributed by atoms with E-state index in [9.17, 15) is 9.59 Å². The van der Waals surface area contributed by atoms with Crippen LogP contribution in [0.1, 0.15) is 24.4 Å². The Hall–Kier alpha value is -2.86. The number of esters is 1. The van der Waals surface area contributed by atoms with Gasteiger partial charge in [-0.15, -0.1) is 0 Å². The zero-order valence-corrected chi connectivity index (χ0v) is 15.3. The predicted molar refractivity (Wildman–Crippen MR) is 103 cm³/mol. The predicted octanol–water partition coefficient (Wildman–Crippen LogP) is 2.80. The van der Waals surface area contributed by atoms with Gasteiger partial charge >= 0.3 is 5.97 Å². The number of nitrogens with one attached hydrogen (secondary N) is 2. The van der Waals surface area contributed by atoms with Crippen LogP contribution in [0.5, 0.6) is 0 Å². The van der Waals surface area contributed by atoms with Gasteiger partial charge in [0, 0.05) is 13.1 Å². The summed E-state index contributed by atoms with van der Waals surface area (Å²) in [7, 11) is 1.41. The standard InChI is InChI=1S/C21H23N3O3/c1-27-19(25)18(15-7-3-2-4-8-15)24-13-11-21(12-14-24)20(26)22-16-9-5-6-10-17(16)23-21/h2-10,18,23H,11-14H2,1H3,(H,22,26). The van der Waals surface area contributed by atoms with Crippen molar-refractivity contribution >= 4 is 23.3 Å². The normalized spacial score (nSPS) is 19.5. The number of nitrogens with zero attached hydrogens (tertiary/aromatic N) is 1. The molecule has 1 spiro atoms. The maximum atomic E-state index is 12.8. The minimum Gasteiger partial charge on any atom is -0.468 e. The number of amides is 1. The van der Waals surface area contributed by atoms with E-state index in [4.69, 9.17) is 4.74 Å². The molecule has 2 heterocycles. The van der Waals surface area contributed by atoms with Crippen molar-refractivity contribution in [1.29, 1.82) is 0 Å². The lowest BCUT2D eigenvalue weighted by Gasteiger charge is -2.45. The summed E-state index contributed by atoms with van der Waals surface area (Å²) < 4.78 is 5.05. The van der Waals surface area contributed by atoms with Gasteiger partial charge in [0.1, 0.15) is 11.6 Å². The highest BCUT2D eigenvalue weighted by atomic mass is 16.5. The van der Waals surface area contributed by atoms with Crippen LogP contribution in [0.15, 0.2) is 54.6 Å². The first-order valence-corrected chi connectivity index (χ1v) is 9.18. The number of methoxy groups -OCH3 is 1. The number of hydrogen-bond acceptors (Lipinski definition) is 5. The van der Waals surface area contributed by atoms with E-state index in [-0.39, 0.29) is 11.9 Å². The molecule has 2 aliphatic rings. The van der Waals surface area contributed by atoms with Gasteiger partial charge in [0.2, 0.25) is 5.91 Å². The smallest absolute Gasteiger partial charge is 0.327 e. The number of anilines is 2. The second-order valence-corrected chi connectivity index (χ2v) is 7.08. The molecule has 0 radical (unpaired) electrons. The Kier molecular flexibility index (Phi) is 4.58. The lowest BCUT2D eigenvalue weighted by atomic mass is 9.83. The molecular weight excluding hydrogens is 342 g/mol. The lowest BCUT2D eigenvalue weighted by molar-refractivity contribution is -0.148. The third-order valence-electron chi connectivity index (χ3n) is 5.54. The summed E-state index contributed by atoms with van der Waals surface area (Å²) in [6, 6.07) is 16.9. The van der Waals surface area contributed by atoms with Gasteiger partial charge in [-0.05, 0) is 30.5 Å². The number of rotatable bonds is 3. The first kappa shape index (κ1) is 17.5. The van der Waals surface area contributed by atoms with Crippen molar-refractivity contribution in [2.24, 2.45) is 0 Å². The van der Waals surface area contributed by atoms with E-state index in [1.807, 2.05) is 54.6 Å². The molecule has 1 amide bonds. The van der Waals surface area contributed by atoms with Gasteiger partial charge in [-0.2, -0.15) is 0 Å². The Bertz CT molecular complexity index is 845. The van der Waals surface area contributed by atoms with Gasteiger partial charge in [0.25, 0.3) is 0 Å². The molecule has 2 N–H and O–H groups in total. The van der Waals surface area contributed by atoms with Gasteiger partial charge in [0.15, 0.2) is 0 Å². The molecule has 1 fully saturated rings. The monoisotopic (exact) mass is 365 g/mol. The van der Waals surface area contributed by atoms with Crippen molar-refractivity contribution in [2.75, 3.05) is 30.8 Å². The van der Waals surface area contributed by atoms with Crippen LogP contribution < -0.4 is 10.6 Å². The summed E-state index contributed by atoms with van der Waals surface area (Å²) in [5.74, 6) is -0.279. The third kappa shape index (κ3) is 3.17. The number of hydrogen-bond donors (Lipinski definition) is 2. The quantitative estimate of drug-likeness (QED) is 0.819. The van der Waals surface area contributed by atoms with Crippen LogP contribution in [-0.4, -0.2) is 42.5 Å². The fourth-order valence-corrected chi connectivity index (χ4v) is 4.02. The van der Waals surface area contributed by atoms with Crippen LogP contribution in [0.4, 0.5) is 11.4 Å². The van der Waals surface area contributed by atoms with E-state index in [0.29, 0.717) is 25.9 Å². The number of ether oxygens (including phenoxy) is 1. The Balaban J connectivity index is 1.54. The topological polar surface area (TPSA) is 70.7 Å². The van der Waals surface area contributed by atoms with Crippen molar-refractivity contribution in [1.82, 2.24) is 4.90 Å². The molecule has 0 bridgehead atoms. The number of benzene rings is 2. The first-order valence-electron chi connectivity index (χ1n) is 9.18. The van der Waals surface area contributed by atoms with Crippen LogP contribution in [0, 0.1) is 0 Å². The summed E-state index contributed by atoms with van der Waals surface area (Å²) >= 11 is 0. The van der Waals surface area contributed by atoms with E-state index >= 15 is 0 Å². The van der Waals surface area contributed by atoms with E-state index in [1.165, 1.54) is 7.11 Å². The molecule has 1 saturated heterocycles. The van der Waals surface area contributed by atoms with E-state index in [0.717, 1.165) is 16.9 Å². The Labute approximate surface area is 158 Å². The fourth-order valence-electron chi connectivity index (χ4n) is 4.02. The number of carbonyl (C=O) groups excluding carboxylic acids is 2. The molecule has 6 heteroatoms. The third-order valence-corrected chi connectivity index (χ3v) is 5.54. The number of piperidine rings is 1. The van der Waals surface area contributed by atoms with Gasteiger partial charge in [-0.1, -0.05) is 42.5 Å². The van der Waals surface area contributed by atoms with E-state index < -0.39 is 11.6 Å². The molecular formula is C21H23N3O3. The highest BCUT2D eigenvalue weighted by Gasteiger charge is 2.46. The van der Waals surface area contributed by atoms with Crippen LogP contribution in [-0.2, 0) is 14.3 Å². The first-order chi connectivity index (χ1) is 13.1. The van der Waals surface area contributed by atoms with Gasteiger partial charge < -0.3 is 15.4 Å². The molecule has 0 aromatic heterocycles. The lowest BCUT2D eigenvalue weighted by Crippen LogP contribution is -2.59. The summed E-state index contributed by atoms with van der Waals surface area (Å²) in [6.45, 7) is 1.24. The van der Waals surface area contributed by atoms with E-state index in [2.05, 4.69) is 15.5 Å². The van der Waals surface area contributed by atoms with Crippen molar-refractivity contribution in [2.45, 2.75) is 24.4 Å².